The number of benzene rings is 1. The highest BCUT2D eigenvalue weighted by atomic mass is 32.1. The number of halogens is 1. The molecule has 0 saturated carbocycles. The zero-order valence-electron chi connectivity index (χ0n) is 11.1. The van der Waals surface area contributed by atoms with Crippen molar-refractivity contribution >= 4 is 23.3 Å². The third kappa shape index (κ3) is 2.20. The highest BCUT2D eigenvalue weighted by molar-refractivity contribution is 7.71. The summed E-state index contributed by atoms with van der Waals surface area (Å²) < 4.78 is 16.3. The molecule has 0 saturated heterocycles. The van der Waals surface area contributed by atoms with Gasteiger partial charge in [-0.2, -0.15) is 0 Å². The Hall–Kier alpha value is -1.20. The Morgan fingerprint density at radius 3 is 2.67 bits per heavy atom. The van der Waals surface area contributed by atoms with Gasteiger partial charge in [0.2, 0.25) is 0 Å². The van der Waals surface area contributed by atoms with Crippen molar-refractivity contribution in [3.8, 4) is 0 Å². The smallest absolute Gasteiger partial charge is 0.178 e. The van der Waals surface area contributed by atoms with E-state index in [9.17, 15) is 4.39 Å². The number of nitrogens with one attached hydrogen (secondary N) is 1. The van der Waals surface area contributed by atoms with Crippen molar-refractivity contribution in [1.82, 2.24) is 14.5 Å². The standard InChI is InChI=1S/C13H18FN3S/c1-13(2,16(3)4)8-17-11-9(14)6-5-7-10(11)15-12(17)18/h5-7H,8H2,1-4H3,(H,15,18). The molecule has 3 nitrogen and oxygen atoms in total. The average Bonchev–Trinajstić information content (AvgIpc) is 2.56. The minimum absolute atomic E-state index is 0.102. The topological polar surface area (TPSA) is 24.0 Å². The van der Waals surface area contributed by atoms with Crippen molar-refractivity contribution in [3.05, 3.63) is 28.8 Å². The Morgan fingerprint density at radius 1 is 1.39 bits per heavy atom. The van der Waals surface area contributed by atoms with Crippen molar-refractivity contribution in [3.63, 3.8) is 0 Å². The summed E-state index contributed by atoms with van der Waals surface area (Å²) in [4.78, 5) is 5.15. The van der Waals surface area contributed by atoms with Crippen LogP contribution in [0.2, 0.25) is 0 Å². The van der Waals surface area contributed by atoms with Crippen LogP contribution in [-0.4, -0.2) is 34.1 Å². The van der Waals surface area contributed by atoms with Gasteiger partial charge in [0.1, 0.15) is 11.3 Å². The summed E-state index contributed by atoms with van der Waals surface area (Å²) in [5.41, 5.74) is 1.20. The molecule has 1 aromatic heterocycles. The summed E-state index contributed by atoms with van der Waals surface area (Å²) >= 11 is 5.29. The summed E-state index contributed by atoms with van der Waals surface area (Å²) in [6.07, 6.45) is 0. The van der Waals surface area contributed by atoms with Crippen molar-refractivity contribution in [1.29, 1.82) is 0 Å². The number of fused-ring (bicyclic) bond motifs is 1. The molecule has 1 aromatic carbocycles. The van der Waals surface area contributed by atoms with Crippen molar-refractivity contribution in [2.45, 2.75) is 25.9 Å². The van der Waals surface area contributed by atoms with Gasteiger partial charge in [0, 0.05) is 12.1 Å². The molecule has 0 aliphatic heterocycles. The first kappa shape index (κ1) is 13.2. The Kier molecular flexibility index (Phi) is 3.29. The van der Waals surface area contributed by atoms with Crippen LogP contribution in [0.1, 0.15) is 13.8 Å². The highest BCUT2D eigenvalue weighted by Crippen LogP contribution is 2.21. The van der Waals surface area contributed by atoms with E-state index in [-0.39, 0.29) is 11.4 Å². The number of aromatic nitrogens is 2. The molecule has 0 radical (unpaired) electrons. The van der Waals surface area contributed by atoms with E-state index in [1.807, 2.05) is 24.7 Å². The molecule has 0 unspecified atom stereocenters. The normalized spacial score (nSPS) is 12.6. The lowest BCUT2D eigenvalue weighted by Gasteiger charge is -2.33. The van der Waals surface area contributed by atoms with E-state index in [0.29, 0.717) is 16.8 Å². The van der Waals surface area contributed by atoms with Gasteiger partial charge in [-0.15, -0.1) is 0 Å². The SMILES string of the molecule is CN(C)C(C)(C)Cn1c(=S)[nH]c2cccc(F)c21. The second kappa shape index (κ2) is 4.48. The Balaban J connectivity index is 2.58. The number of H-pyrrole nitrogens is 1. The molecule has 2 aromatic rings. The number of hydrogen-bond acceptors (Lipinski definition) is 2. The first-order valence-corrected chi connectivity index (χ1v) is 6.28. The number of hydrogen-bond donors (Lipinski definition) is 1. The molecule has 98 valence electrons. The quantitative estimate of drug-likeness (QED) is 0.864. The molecule has 0 atom stereocenters. The number of likely N-dealkylation sites (N-methyl/N-ethyl adjacent to an activating group) is 1. The fraction of sp³-hybridized carbons (Fsp3) is 0.462. The predicted octanol–water partition coefficient (Wildman–Crippen LogP) is 3.18. The van der Waals surface area contributed by atoms with E-state index in [0.717, 1.165) is 5.52 Å². The van der Waals surface area contributed by atoms with Gasteiger partial charge >= 0.3 is 0 Å². The molecule has 18 heavy (non-hydrogen) atoms. The molecular weight excluding hydrogens is 249 g/mol. The van der Waals surface area contributed by atoms with Crippen molar-refractivity contribution < 1.29 is 4.39 Å². The van der Waals surface area contributed by atoms with E-state index in [1.165, 1.54) is 6.07 Å². The summed E-state index contributed by atoms with van der Waals surface area (Å²) in [6, 6.07) is 4.99. The maximum Gasteiger partial charge on any atom is 0.178 e. The molecule has 0 fully saturated rings. The number of rotatable bonds is 3. The van der Waals surface area contributed by atoms with Gasteiger partial charge in [-0.05, 0) is 52.3 Å². The lowest BCUT2D eigenvalue weighted by atomic mass is 10.0. The Morgan fingerprint density at radius 2 is 2.06 bits per heavy atom. The Bertz CT molecular complexity index is 625. The zero-order valence-corrected chi connectivity index (χ0v) is 11.9. The molecule has 0 bridgehead atoms. The fourth-order valence-electron chi connectivity index (χ4n) is 1.85. The van der Waals surface area contributed by atoms with Crippen LogP contribution in [0.25, 0.3) is 11.0 Å². The minimum Gasteiger partial charge on any atom is -0.330 e. The van der Waals surface area contributed by atoms with Crippen LogP contribution < -0.4 is 0 Å². The van der Waals surface area contributed by atoms with Gasteiger partial charge in [-0.3, -0.25) is 0 Å². The molecule has 0 spiro atoms. The second-order valence-corrected chi connectivity index (χ2v) is 5.75. The van der Waals surface area contributed by atoms with E-state index >= 15 is 0 Å². The third-order valence-electron chi connectivity index (χ3n) is 3.50. The van der Waals surface area contributed by atoms with E-state index in [1.54, 1.807) is 6.07 Å². The maximum atomic E-state index is 13.9. The maximum absolute atomic E-state index is 13.9. The van der Waals surface area contributed by atoms with Gasteiger partial charge in [0.25, 0.3) is 0 Å². The van der Waals surface area contributed by atoms with Crippen LogP contribution in [0, 0.1) is 10.6 Å². The molecular formula is C13H18FN3S. The van der Waals surface area contributed by atoms with Crippen LogP contribution >= 0.6 is 12.2 Å². The number of nitrogens with zero attached hydrogens (tertiary/aromatic N) is 2. The fourth-order valence-corrected chi connectivity index (χ4v) is 2.12. The largest absolute Gasteiger partial charge is 0.330 e. The Labute approximate surface area is 111 Å². The third-order valence-corrected chi connectivity index (χ3v) is 3.82. The van der Waals surface area contributed by atoms with Crippen LogP contribution in [0.15, 0.2) is 18.2 Å². The lowest BCUT2D eigenvalue weighted by Crippen LogP contribution is -2.42. The van der Waals surface area contributed by atoms with E-state index in [2.05, 4.69) is 23.7 Å². The molecule has 2 rings (SSSR count). The summed E-state index contributed by atoms with van der Waals surface area (Å²) in [5.74, 6) is -0.241. The van der Waals surface area contributed by atoms with Crippen molar-refractivity contribution in [2.24, 2.45) is 0 Å². The molecule has 0 aliphatic rings. The predicted molar refractivity (Wildman–Crippen MR) is 74.8 cm³/mol. The molecule has 0 aliphatic carbocycles. The van der Waals surface area contributed by atoms with E-state index < -0.39 is 0 Å². The summed E-state index contributed by atoms with van der Waals surface area (Å²) in [6.45, 7) is 4.85. The molecule has 1 N–H and O–H groups in total. The van der Waals surface area contributed by atoms with Crippen LogP contribution in [-0.2, 0) is 6.54 Å². The van der Waals surface area contributed by atoms with Crippen molar-refractivity contribution in [2.75, 3.05) is 14.1 Å². The van der Waals surface area contributed by atoms with Crippen LogP contribution in [0.4, 0.5) is 4.39 Å². The van der Waals surface area contributed by atoms with Crippen LogP contribution in [0.5, 0.6) is 0 Å². The molecule has 1 heterocycles. The van der Waals surface area contributed by atoms with Gasteiger partial charge in [0.05, 0.1) is 5.52 Å². The number of imidazole rings is 1. The molecule has 0 amide bonds. The first-order chi connectivity index (χ1) is 8.33. The first-order valence-electron chi connectivity index (χ1n) is 5.87. The van der Waals surface area contributed by atoms with Gasteiger partial charge in [0.15, 0.2) is 4.77 Å². The summed E-state index contributed by atoms with van der Waals surface area (Å²) in [5, 5.41) is 0. The molecule has 5 heteroatoms. The summed E-state index contributed by atoms with van der Waals surface area (Å²) in [7, 11) is 4.02. The van der Waals surface area contributed by atoms with Gasteiger partial charge < -0.3 is 14.5 Å². The van der Waals surface area contributed by atoms with Gasteiger partial charge in [-0.25, -0.2) is 4.39 Å². The minimum atomic E-state index is -0.241. The highest BCUT2D eigenvalue weighted by Gasteiger charge is 2.23. The second-order valence-electron chi connectivity index (χ2n) is 5.36. The number of aromatic amines is 1. The van der Waals surface area contributed by atoms with E-state index in [4.69, 9.17) is 12.2 Å². The monoisotopic (exact) mass is 267 g/mol. The zero-order chi connectivity index (χ0) is 13.5. The van der Waals surface area contributed by atoms with Gasteiger partial charge in [-0.1, -0.05) is 6.07 Å². The van der Waals surface area contributed by atoms with Crippen LogP contribution in [0.3, 0.4) is 0 Å². The average molecular weight is 267 g/mol. The lowest BCUT2D eigenvalue weighted by molar-refractivity contribution is 0.170. The number of para-hydroxylation sites is 1.